The lowest BCUT2D eigenvalue weighted by atomic mass is 10.2. The Bertz CT molecular complexity index is 802. The van der Waals surface area contributed by atoms with Gasteiger partial charge >= 0.3 is 0 Å². The van der Waals surface area contributed by atoms with Gasteiger partial charge in [0.2, 0.25) is 0 Å². The van der Waals surface area contributed by atoms with Crippen LogP contribution in [0.25, 0.3) is 0 Å². The van der Waals surface area contributed by atoms with E-state index in [2.05, 4.69) is 63.7 Å². The fourth-order valence-electron chi connectivity index (χ4n) is 2.24. The highest BCUT2D eigenvalue weighted by molar-refractivity contribution is 9.14. The van der Waals surface area contributed by atoms with Crippen molar-refractivity contribution in [3.8, 4) is 0 Å². The average Bonchev–Trinajstić information content (AvgIpc) is 3.03. The van der Waals surface area contributed by atoms with E-state index in [1.807, 2.05) is 0 Å². The van der Waals surface area contributed by atoms with Gasteiger partial charge in [-0.05, 0) is 63.7 Å². The number of halogens is 4. The third kappa shape index (κ3) is 2.56. The average molecular weight is 584 g/mol. The van der Waals surface area contributed by atoms with E-state index >= 15 is 0 Å². The summed E-state index contributed by atoms with van der Waals surface area (Å²) in [6.07, 6.45) is 4.57. The molecule has 0 aromatic heterocycles. The van der Waals surface area contributed by atoms with Crippen molar-refractivity contribution in [3.05, 3.63) is 42.2 Å². The topological polar surface area (TPSA) is 74.8 Å². The minimum atomic E-state index is -0.529. The highest BCUT2D eigenvalue weighted by Crippen LogP contribution is 2.51. The molecule has 0 atom stereocenters. The summed E-state index contributed by atoms with van der Waals surface area (Å²) < 4.78 is 1.49. The molecule has 0 N–H and O–H groups in total. The minimum Gasteiger partial charge on any atom is -0.269 e. The molecular formula is C14H4Br4N2O4. The van der Waals surface area contributed by atoms with Crippen molar-refractivity contribution >= 4 is 98.7 Å². The molecule has 2 aliphatic heterocycles. The molecule has 0 fully saturated rings. The van der Waals surface area contributed by atoms with E-state index < -0.39 is 23.6 Å². The Morgan fingerprint density at radius 3 is 1.08 bits per heavy atom. The van der Waals surface area contributed by atoms with Gasteiger partial charge in [-0.15, -0.1) is 0 Å². The largest absolute Gasteiger partial charge is 0.269 e. The van der Waals surface area contributed by atoms with Crippen molar-refractivity contribution in [1.82, 2.24) is 0 Å². The van der Waals surface area contributed by atoms with Crippen molar-refractivity contribution in [2.24, 2.45) is 0 Å². The zero-order chi connectivity index (χ0) is 17.8. The van der Waals surface area contributed by atoms with Crippen LogP contribution in [0.1, 0.15) is 0 Å². The molecule has 122 valence electrons. The molecular weight excluding hydrogens is 580 g/mol. The van der Waals surface area contributed by atoms with Crippen LogP contribution in [0.3, 0.4) is 0 Å². The Hall–Kier alpha value is -1.10. The number of hydrogen-bond donors (Lipinski definition) is 0. The van der Waals surface area contributed by atoms with Gasteiger partial charge in [0.1, 0.15) is 0 Å². The van der Waals surface area contributed by atoms with Crippen LogP contribution in [0.5, 0.6) is 0 Å². The zero-order valence-corrected chi connectivity index (χ0v) is 17.7. The lowest BCUT2D eigenvalue weighted by Gasteiger charge is -2.25. The van der Waals surface area contributed by atoms with Gasteiger partial charge < -0.3 is 0 Å². The van der Waals surface area contributed by atoms with Gasteiger partial charge in [-0.1, -0.05) is 0 Å². The van der Waals surface area contributed by atoms with Crippen molar-refractivity contribution in [2.45, 2.75) is 0 Å². The highest BCUT2D eigenvalue weighted by Gasteiger charge is 2.36. The predicted molar refractivity (Wildman–Crippen MR) is 101 cm³/mol. The molecule has 0 saturated carbocycles. The van der Waals surface area contributed by atoms with Gasteiger partial charge in [0, 0.05) is 24.3 Å². The summed E-state index contributed by atoms with van der Waals surface area (Å²) in [6.45, 7) is 0. The molecule has 0 spiro atoms. The number of carbonyl (C=O) groups is 4. The number of benzene rings is 1. The van der Waals surface area contributed by atoms with E-state index in [9.17, 15) is 19.2 Å². The standard InChI is InChI=1S/C14H4Br4N2O4/c15-9-10(16)13(19-5(21)1-2-6(19)22)12(18)14(11(9)17)20-7(23)3-4-8(20)24/h1-4H. The Morgan fingerprint density at radius 2 is 0.792 bits per heavy atom. The summed E-state index contributed by atoms with van der Waals surface area (Å²) in [5.41, 5.74) is 0.375. The first-order valence-corrected chi connectivity index (χ1v) is 9.41. The van der Waals surface area contributed by atoms with Gasteiger partial charge in [0.15, 0.2) is 0 Å². The minimum absolute atomic E-state index is 0.188. The van der Waals surface area contributed by atoms with Crippen molar-refractivity contribution in [1.29, 1.82) is 0 Å². The van der Waals surface area contributed by atoms with E-state index in [4.69, 9.17) is 0 Å². The third-order valence-electron chi connectivity index (χ3n) is 3.28. The molecule has 24 heavy (non-hydrogen) atoms. The second kappa shape index (κ2) is 6.32. The van der Waals surface area contributed by atoms with Crippen LogP contribution in [0.4, 0.5) is 11.4 Å². The molecule has 0 unspecified atom stereocenters. The summed E-state index contributed by atoms with van der Waals surface area (Å²) >= 11 is 13.3. The number of imide groups is 2. The molecule has 0 aliphatic carbocycles. The molecule has 0 radical (unpaired) electrons. The number of anilines is 2. The monoisotopic (exact) mass is 580 g/mol. The Kier molecular flexibility index (Phi) is 4.67. The fraction of sp³-hybridized carbons (Fsp3) is 0. The molecule has 6 nitrogen and oxygen atoms in total. The first-order valence-electron chi connectivity index (χ1n) is 6.24. The maximum absolute atomic E-state index is 12.0. The van der Waals surface area contributed by atoms with Gasteiger partial charge in [0.25, 0.3) is 23.6 Å². The van der Waals surface area contributed by atoms with Crippen LogP contribution >= 0.6 is 63.7 Å². The van der Waals surface area contributed by atoms with Gasteiger partial charge in [-0.2, -0.15) is 0 Å². The maximum Gasteiger partial charge on any atom is 0.258 e. The summed E-state index contributed by atoms with van der Waals surface area (Å²) in [6, 6.07) is 0. The van der Waals surface area contributed by atoms with Crippen LogP contribution in [-0.4, -0.2) is 23.6 Å². The second-order valence-corrected chi connectivity index (χ2v) is 7.82. The normalized spacial score (nSPS) is 17.0. The number of rotatable bonds is 2. The molecule has 0 bridgehead atoms. The smallest absolute Gasteiger partial charge is 0.258 e. The van der Waals surface area contributed by atoms with Crippen molar-refractivity contribution in [2.75, 3.05) is 9.80 Å². The summed E-state index contributed by atoms with van der Waals surface area (Å²) in [5.74, 6) is -2.12. The molecule has 0 saturated heterocycles. The van der Waals surface area contributed by atoms with Crippen LogP contribution in [-0.2, 0) is 19.2 Å². The number of hydrogen-bond acceptors (Lipinski definition) is 4. The zero-order valence-electron chi connectivity index (χ0n) is 11.3. The fourth-order valence-corrected chi connectivity index (χ4v) is 5.32. The molecule has 1 aromatic rings. The Morgan fingerprint density at radius 1 is 0.500 bits per heavy atom. The molecule has 3 rings (SSSR count). The van der Waals surface area contributed by atoms with Gasteiger partial charge in [-0.25, -0.2) is 9.80 Å². The highest BCUT2D eigenvalue weighted by atomic mass is 79.9. The van der Waals surface area contributed by atoms with E-state index in [1.54, 1.807) is 0 Å². The predicted octanol–water partition coefficient (Wildman–Crippen LogP) is 3.60. The number of nitrogens with zero attached hydrogens (tertiary/aromatic N) is 2. The van der Waals surface area contributed by atoms with Crippen molar-refractivity contribution in [3.63, 3.8) is 0 Å². The van der Waals surface area contributed by atoms with Gasteiger partial charge in [-0.3, -0.25) is 19.2 Å². The number of amides is 4. The van der Waals surface area contributed by atoms with Crippen LogP contribution in [0.15, 0.2) is 42.2 Å². The first kappa shape index (κ1) is 17.7. The van der Waals surface area contributed by atoms with Crippen molar-refractivity contribution < 1.29 is 19.2 Å². The molecule has 4 amide bonds. The van der Waals surface area contributed by atoms with E-state index in [1.165, 1.54) is 0 Å². The van der Waals surface area contributed by atoms with Gasteiger partial charge in [0.05, 0.1) is 29.3 Å². The van der Waals surface area contributed by atoms with Crippen LogP contribution < -0.4 is 9.80 Å². The third-order valence-corrected chi connectivity index (χ3v) is 7.44. The summed E-state index contributed by atoms with van der Waals surface area (Å²) in [7, 11) is 0. The second-order valence-electron chi connectivity index (χ2n) is 4.64. The summed E-state index contributed by atoms with van der Waals surface area (Å²) in [4.78, 5) is 50.0. The molecule has 1 aromatic carbocycles. The molecule has 2 heterocycles. The van der Waals surface area contributed by atoms with Crippen LogP contribution in [0, 0.1) is 0 Å². The van der Waals surface area contributed by atoms with Crippen LogP contribution in [0.2, 0.25) is 0 Å². The number of carbonyl (C=O) groups excluding carboxylic acids is 4. The first-order chi connectivity index (χ1) is 11.3. The van der Waals surface area contributed by atoms with E-state index in [0.717, 1.165) is 34.1 Å². The maximum atomic E-state index is 12.0. The van der Waals surface area contributed by atoms with E-state index in [-0.39, 0.29) is 15.8 Å². The molecule has 2 aliphatic rings. The lowest BCUT2D eigenvalue weighted by molar-refractivity contribution is -0.121. The summed E-state index contributed by atoms with van der Waals surface area (Å²) in [5, 5.41) is 0. The van der Waals surface area contributed by atoms with E-state index in [0.29, 0.717) is 13.4 Å². The SMILES string of the molecule is O=C1C=CC(=O)N1c1c(Br)c(Br)c(Br)c(N2C(=O)C=CC2=O)c1Br. The Labute approximate surface area is 169 Å². The Balaban J connectivity index is 2.29. The quantitative estimate of drug-likeness (QED) is 0.303. The lowest BCUT2D eigenvalue weighted by Crippen LogP contribution is -2.33. The molecule has 10 heteroatoms.